The number of rotatable bonds is 5. The lowest BCUT2D eigenvalue weighted by atomic mass is 10.1. The van der Waals surface area contributed by atoms with Crippen LogP contribution >= 0.6 is 0 Å². The van der Waals surface area contributed by atoms with Crippen LogP contribution in [0.2, 0.25) is 0 Å². The van der Waals surface area contributed by atoms with Crippen molar-refractivity contribution >= 4 is 17.6 Å². The Morgan fingerprint density at radius 2 is 1.85 bits per heavy atom. The Bertz CT molecular complexity index is 1210. The second-order valence-electron chi connectivity index (χ2n) is 8.46. The van der Waals surface area contributed by atoms with Gasteiger partial charge in [0.1, 0.15) is 11.6 Å². The molecule has 0 N–H and O–H groups in total. The number of carbonyl (C=O) groups excluding carboxylic acids is 2. The van der Waals surface area contributed by atoms with Crippen molar-refractivity contribution in [3.8, 4) is 5.75 Å². The summed E-state index contributed by atoms with van der Waals surface area (Å²) < 4.78 is 5.48. The summed E-state index contributed by atoms with van der Waals surface area (Å²) >= 11 is 0. The lowest BCUT2D eigenvalue weighted by Gasteiger charge is -2.25. The van der Waals surface area contributed by atoms with E-state index in [4.69, 9.17) is 14.7 Å². The SMILES string of the molecule is COc1ccccc1CN1C(=O)Cc2c(C)nc(C3CCCN3C(=O)c3ccccc3)nc21. The van der Waals surface area contributed by atoms with Crippen LogP contribution in [0, 0.1) is 6.92 Å². The fourth-order valence-electron chi connectivity index (χ4n) is 4.74. The number of carbonyl (C=O) groups is 2. The van der Waals surface area contributed by atoms with Crippen LogP contribution in [0.15, 0.2) is 54.6 Å². The number of ether oxygens (including phenoxy) is 1. The van der Waals surface area contributed by atoms with Gasteiger partial charge in [0.25, 0.3) is 5.91 Å². The number of hydrogen-bond acceptors (Lipinski definition) is 5. The summed E-state index contributed by atoms with van der Waals surface area (Å²) in [4.78, 5) is 39.3. The van der Waals surface area contributed by atoms with Gasteiger partial charge in [-0.2, -0.15) is 0 Å². The topological polar surface area (TPSA) is 75.6 Å². The molecule has 33 heavy (non-hydrogen) atoms. The standard InChI is InChI=1S/C26H26N4O3/c1-17-20-15-23(31)30(16-19-11-6-7-13-22(19)33-2)25(20)28-24(27-17)21-12-8-14-29(21)26(32)18-9-4-3-5-10-18/h3-7,9-11,13,21H,8,12,14-16H2,1-2H3. The van der Waals surface area contributed by atoms with Crippen LogP contribution in [0.1, 0.15) is 51.9 Å². The first kappa shape index (κ1) is 21.1. The van der Waals surface area contributed by atoms with Crippen molar-refractivity contribution in [2.24, 2.45) is 0 Å². The van der Waals surface area contributed by atoms with E-state index in [-0.39, 0.29) is 24.3 Å². The highest BCUT2D eigenvalue weighted by Crippen LogP contribution is 2.36. The highest BCUT2D eigenvalue weighted by atomic mass is 16.5. The van der Waals surface area contributed by atoms with Crippen molar-refractivity contribution in [2.75, 3.05) is 18.6 Å². The van der Waals surface area contributed by atoms with Gasteiger partial charge < -0.3 is 9.64 Å². The number of para-hydroxylation sites is 1. The molecule has 7 nitrogen and oxygen atoms in total. The van der Waals surface area contributed by atoms with Crippen molar-refractivity contribution in [3.63, 3.8) is 0 Å². The summed E-state index contributed by atoms with van der Waals surface area (Å²) in [5.74, 6) is 1.97. The van der Waals surface area contributed by atoms with E-state index in [0.717, 1.165) is 35.4 Å². The molecule has 1 atom stereocenters. The maximum atomic E-state index is 13.2. The minimum absolute atomic E-state index is 0.00547. The monoisotopic (exact) mass is 442 g/mol. The molecule has 5 rings (SSSR count). The van der Waals surface area contributed by atoms with E-state index in [9.17, 15) is 9.59 Å². The minimum atomic E-state index is -0.203. The zero-order chi connectivity index (χ0) is 22.9. The molecular weight excluding hydrogens is 416 g/mol. The quantitative estimate of drug-likeness (QED) is 0.600. The summed E-state index contributed by atoms with van der Waals surface area (Å²) in [6.07, 6.45) is 1.98. The van der Waals surface area contributed by atoms with Gasteiger partial charge in [-0.05, 0) is 38.0 Å². The van der Waals surface area contributed by atoms with Gasteiger partial charge in [0, 0.05) is 28.9 Å². The van der Waals surface area contributed by atoms with Crippen LogP contribution in [0.5, 0.6) is 5.75 Å². The molecule has 0 radical (unpaired) electrons. The Hall–Kier alpha value is -3.74. The van der Waals surface area contributed by atoms with E-state index in [1.54, 1.807) is 12.0 Å². The van der Waals surface area contributed by atoms with Crippen LogP contribution in [0.25, 0.3) is 0 Å². The van der Waals surface area contributed by atoms with Crippen LogP contribution in [0.4, 0.5) is 5.82 Å². The number of nitrogens with zero attached hydrogens (tertiary/aromatic N) is 4. The maximum absolute atomic E-state index is 13.2. The number of methoxy groups -OCH3 is 1. The number of fused-ring (bicyclic) bond motifs is 1. The van der Waals surface area contributed by atoms with E-state index >= 15 is 0 Å². The minimum Gasteiger partial charge on any atom is -0.496 e. The lowest BCUT2D eigenvalue weighted by Crippen LogP contribution is -2.32. The number of aromatic nitrogens is 2. The molecular formula is C26H26N4O3. The van der Waals surface area contributed by atoms with Crippen molar-refractivity contribution in [1.29, 1.82) is 0 Å². The molecule has 1 unspecified atom stereocenters. The Morgan fingerprint density at radius 1 is 1.09 bits per heavy atom. The van der Waals surface area contributed by atoms with Gasteiger partial charge in [0.05, 0.1) is 26.1 Å². The van der Waals surface area contributed by atoms with E-state index in [1.807, 2.05) is 66.4 Å². The normalized spacial score (nSPS) is 17.4. The van der Waals surface area contributed by atoms with Gasteiger partial charge in [0.15, 0.2) is 5.82 Å². The molecule has 1 aromatic heterocycles. The molecule has 3 heterocycles. The Balaban J connectivity index is 1.48. The first-order valence-corrected chi connectivity index (χ1v) is 11.2. The van der Waals surface area contributed by atoms with E-state index in [0.29, 0.717) is 30.3 Å². The third-order valence-electron chi connectivity index (χ3n) is 6.45. The van der Waals surface area contributed by atoms with E-state index in [1.165, 1.54) is 0 Å². The van der Waals surface area contributed by atoms with Gasteiger partial charge in [-0.25, -0.2) is 9.97 Å². The second-order valence-corrected chi connectivity index (χ2v) is 8.46. The molecule has 2 aromatic carbocycles. The van der Waals surface area contributed by atoms with Crippen LogP contribution in [-0.2, 0) is 17.8 Å². The molecule has 0 saturated carbocycles. The van der Waals surface area contributed by atoms with Crippen molar-refractivity contribution in [2.45, 2.75) is 38.8 Å². The number of anilines is 1. The molecule has 168 valence electrons. The average Bonchev–Trinajstić information content (AvgIpc) is 3.45. The van der Waals surface area contributed by atoms with Crippen LogP contribution < -0.4 is 9.64 Å². The molecule has 3 aromatic rings. The molecule has 7 heteroatoms. The zero-order valence-electron chi connectivity index (χ0n) is 18.8. The first-order chi connectivity index (χ1) is 16.1. The number of benzene rings is 2. The van der Waals surface area contributed by atoms with Gasteiger partial charge in [-0.15, -0.1) is 0 Å². The maximum Gasteiger partial charge on any atom is 0.254 e. The number of likely N-dealkylation sites (tertiary alicyclic amines) is 1. The van der Waals surface area contributed by atoms with Crippen molar-refractivity contribution < 1.29 is 14.3 Å². The fourth-order valence-corrected chi connectivity index (χ4v) is 4.74. The van der Waals surface area contributed by atoms with E-state index in [2.05, 4.69) is 0 Å². The molecule has 1 saturated heterocycles. The molecule has 0 spiro atoms. The average molecular weight is 443 g/mol. The zero-order valence-corrected chi connectivity index (χ0v) is 18.8. The van der Waals surface area contributed by atoms with Gasteiger partial charge in [-0.3, -0.25) is 14.5 Å². The summed E-state index contributed by atoms with van der Waals surface area (Å²) in [6, 6.07) is 16.8. The fraction of sp³-hybridized carbons (Fsp3) is 0.308. The second kappa shape index (κ2) is 8.65. The Labute approximate surface area is 193 Å². The predicted octanol–water partition coefficient (Wildman–Crippen LogP) is 3.86. The molecule has 2 amide bonds. The highest BCUT2D eigenvalue weighted by Gasteiger charge is 2.36. The molecule has 1 fully saturated rings. The predicted molar refractivity (Wildman–Crippen MR) is 124 cm³/mol. The highest BCUT2D eigenvalue weighted by molar-refractivity contribution is 6.00. The summed E-state index contributed by atoms with van der Waals surface area (Å²) in [7, 11) is 1.63. The molecule has 2 aliphatic rings. The Kier molecular flexibility index (Phi) is 5.54. The van der Waals surface area contributed by atoms with Gasteiger partial charge in [0.2, 0.25) is 5.91 Å². The summed E-state index contributed by atoms with van der Waals surface area (Å²) in [5.41, 5.74) is 3.23. The first-order valence-electron chi connectivity index (χ1n) is 11.2. The van der Waals surface area contributed by atoms with Gasteiger partial charge in [-0.1, -0.05) is 36.4 Å². The largest absolute Gasteiger partial charge is 0.496 e. The molecule has 0 bridgehead atoms. The third-order valence-corrected chi connectivity index (χ3v) is 6.45. The molecule has 0 aliphatic carbocycles. The van der Waals surface area contributed by atoms with E-state index < -0.39 is 0 Å². The van der Waals surface area contributed by atoms with Crippen molar-refractivity contribution in [1.82, 2.24) is 14.9 Å². The number of hydrogen-bond donors (Lipinski definition) is 0. The van der Waals surface area contributed by atoms with Crippen molar-refractivity contribution in [3.05, 3.63) is 82.8 Å². The van der Waals surface area contributed by atoms with Crippen LogP contribution in [0.3, 0.4) is 0 Å². The smallest absolute Gasteiger partial charge is 0.254 e. The van der Waals surface area contributed by atoms with Gasteiger partial charge >= 0.3 is 0 Å². The lowest BCUT2D eigenvalue weighted by molar-refractivity contribution is -0.117. The number of aryl methyl sites for hydroxylation is 1. The summed E-state index contributed by atoms with van der Waals surface area (Å²) in [6.45, 7) is 2.97. The molecule has 2 aliphatic heterocycles. The third kappa shape index (κ3) is 3.84. The Morgan fingerprint density at radius 3 is 2.64 bits per heavy atom. The van der Waals surface area contributed by atoms with Crippen LogP contribution in [-0.4, -0.2) is 40.3 Å². The summed E-state index contributed by atoms with van der Waals surface area (Å²) in [5, 5.41) is 0. The number of amides is 2.